The van der Waals surface area contributed by atoms with Crippen LogP contribution in [-0.4, -0.2) is 10.4 Å². The van der Waals surface area contributed by atoms with Gasteiger partial charge in [0.15, 0.2) is 0 Å². The Labute approximate surface area is 198 Å². The summed E-state index contributed by atoms with van der Waals surface area (Å²) in [5.41, 5.74) is 7.86. The summed E-state index contributed by atoms with van der Waals surface area (Å²) in [6, 6.07) is 23.5. The molecule has 0 unspecified atom stereocenters. The Bertz CT molecular complexity index is 1030. The molecule has 0 bridgehead atoms. The second-order valence-electron chi connectivity index (χ2n) is 9.81. The standard InChI is InChI=1S/C30H36OS/c1-20-19-21(2)23(4)28(22(20)3)32-29(27(31)24-13-8-6-9-14-24)26-17-12-18-30(26,5)25-15-10-7-11-16-25/h6-11,13-16,19,26-27,29,31H,12,17-18H2,1-5H3/t26-,27-,29+,30-/m0/s1. The molecular weight excluding hydrogens is 408 g/mol. The summed E-state index contributed by atoms with van der Waals surface area (Å²) in [5.74, 6) is 0.393. The minimum atomic E-state index is -0.507. The van der Waals surface area contributed by atoms with Gasteiger partial charge in [-0.05, 0) is 85.3 Å². The molecule has 1 aliphatic rings. The molecule has 4 atom stereocenters. The topological polar surface area (TPSA) is 20.2 Å². The Morgan fingerprint density at radius 2 is 1.44 bits per heavy atom. The highest BCUT2D eigenvalue weighted by Crippen LogP contribution is 2.54. The molecule has 0 radical (unpaired) electrons. The normalized spacial score (nSPS) is 22.6. The van der Waals surface area contributed by atoms with E-state index in [1.165, 1.54) is 45.6 Å². The first-order chi connectivity index (χ1) is 15.3. The molecule has 0 aliphatic heterocycles. The second kappa shape index (κ2) is 9.45. The number of aliphatic hydroxyl groups excluding tert-OH is 1. The highest BCUT2D eigenvalue weighted by Gasteiger charge is 2.47. The van der Waals surface area contributed by atoms with Gasteiger partial charge in [0.2, 0.25) is 0 Å². The van der Waals surface area contributed by atoms with Crippen LogP contribution in [0.4, 0.5) is 0 Å². The van der Waals surface area contributed by atoms with E-state index in [4.69, 9.17) is 0 Å². The molecule has 1 saturated carbocycles. The highest BCUT2D eigenvalue weighted by molar-refractivity contribution is 8.00. The summed E-state index contributed by atoms with van der Waals surface area (Å²) in [7, 11) is 0. The van der Waals surface area contributed by atoms with Crippen LogP contribution in [0.25, 0.3) is 0 Å². The zero-order valence-corrected chi connectivity index (χ0v) is 20.9. The molecular formula is C30H36OS. The van der Waals surface area contributed by atoms with Gasteiger partial charge in [0, 0.05) is 10.1 Å². The summed E-state index contributed by atoms with van der Waals surface area (Å²) in [5, 5.41) is 11.9. The lowest BCUT2D eigenvalue weighted by molar-refractivity contribution is 0.135. The van der Waals surface area contributed by atoms with E-state index < -0.39 is 6.10 Å². The number of thioether (sulfide) groups is 1. The van der Waals surface area contributed by atoms with E-state index in [1.807, 2.05) is 30.0 Å². The van der Waals surface area contributed by atoms with Crippen LogP contribution in [0.1, 0.15) is 65.7 Å². The van der Waals surface area contributed by atoms with Gasteiger partial charge in [0.05, 0.1) is 6.10 Å². The first-order valence-electron chi connectivity index (χ1n) is 11.9. The molecule has 1 aliphatic carbocycles. The number of hydrogen-bond donors (Lipinski definition) is 1. The number of benzene rings is 3. The third-order valence-electron chi connectivity index (χ3n) is 7.86. The third-order valence-corrected chi connectivity index (χ3v) is 9.57. The van der Waals surface area contributed by atoms with E-state index in [0.29, 0.717) is 5.92 Å². The van der Waals surface area contributed by atoms with Crippen molar-refractivity contribution in [2.75, 3.05) is 0 Å². The van der Waals surface area contributed by atoms with Crippen molar-refractivity contribution >= 4 is 11.8 Å². The van der Waals surface area contributed by atoms with Crippen LogP contribution in [-0.2, 0) is 5.41 Å². The molecule has 1 nitrogen and oxygen atoms in total. The van der Waals surface area contributed by atoms with Crippen LogP contribution in [0.3, 0.4) is 0 Å². The van der Waals surface area contributed by atoms with Gasteiger partial charge in [-0.15, -0.1) is 11.8 Å². The van der Waals surface area contributed by atoms with Gasteiger partial charge in [0.25, 0.3) is 0 Å². The molecule has 168 valence electrons. The Hall–Kier alpha value is -2.03. The van der Waals surface area contributed by atoms with Gasteiger partial charge in [-0.3, -0.25) is 0 Å². The third kappa shape index (κ3) is 4.28. The predicted octanol–water partition coefficient (Wildman–Crippen LogP) is 7.87. The monoisotopic (exact) mass is 444 g/mol. The maximum atomic E-state index is 11.8. The quantitative estimate of drug-likeness (QED) is 0.390. The van der Waals surface area contributed by atoms with Crippen LogP contribution in [0.5, 0.6) is 0 Å². The number of hydrogen-bond acceptors (Lipinski definition) is 2. The average Bonchev–Trinajstić information content (AvgIpc) is 3.21. The minimum absolute atomic E-state index is 0.0648. The second-order valence-corrected chi connectivity index (χ2v) is 11.0. The van der Waals surface area contributed by atoms with Crippen LogP contribution in [0, 0.1) is 33.6 Å². The first kappa shape index (κ1) is 23.1. The SMILES string of the molecule is Cc1cc(C)c(C)c(S[C@@H]([C@@H](O)c2ccccc2)[C@@H]2CCC[C@@]2(C)c2ccccc2)c1C. The lowest BCUT2D eigenvalue weighted by Gasteiger charge is -2.40. The smallest absolute Gasteiger partial charge is 0.0915 e. The van der Waals surface area contributed by atoms with E-state index in [-0.39, 0.29) is 10.7 Å². The van der Waals surface area contributed by atoms with E-state index >= 15 is 0 Å². The molecule has 3 aromatic carbocycles. The molecule has 32 heavy (non-hydrogen) atoms. The largest absolute Gasteiger partial charge is 0.387 e. The Morgan fingerprint density at radius 1 is 0.875 bits per heavy atom. The molecule has 4 rings (SSSR count). The van der Waals surface area contributed by atoms with Gasteiger partial charge >= 0.3 is 0 Å². The van der Waals surface area contributed by atoms with Crippen molar-refractivity contribution in [2.45, 2.75) is 75.5 Å². The van der Waals surface area contributed by atoms with Crippen LogP contribution in [0.2, 0.25) is 0 Å². The lowest BCUT2D eigenvalue weighted by atomic mass is 9.71. The van der Waals surface area contributed by atoms with E-state index in [0.717, 1.165) is 12.0 Å². The molecule has 2 heteroatoms. The molecule has 1 N–H and O–H groups in total. The Morgan fingerprint density at radius 3 is 2.03 bits per heavy atom. The van der Waals surface area contributed by atoms with Crippen molar-refractivity contribution < 1.29 is 5.11 Å². The number of rotatable bonds is 6. The molecule has 0 heterocycles. The maximum Gasteiger partial charge on any atom is 0.0915 e. The Balaban J connectivity index is 1.81. The van der Waals surface area contributed by atoms with Crippen molar-refractivity contribution in [1.82, 2.24) is 0 Å². The average molecular weight is 445 g/mol. The van der Waals surface area contributed by atoms with Crippen LogP contribution >= 0.6 is 11.8 Å². The summed E-state index contributed by atoms with van der Waals surface area (Å²) in [4.78, 5) is 1.35. The zero-order chi connectivity index (χ0) is 22.9. The van der Waals surface area contributed by atoms with Gasteiger partial charge in [-0.25, -0.2) is 0 Å². The molecule has 0 aromatic heterocycles. The van der Waals surface area contributed by atoms with Gasteiger partial charge < -0.3 is 5.11 Å². The van der Waals surface area contributed by atoms with Crippen molar-refractivity contribution in [2.24, 2.45) is 5.92 Å². The predicted molar refractivity (Wildman–Crippen MR) is 138 cm³/mol. The lowest BCUT2D eigenvalue weighted by Crippen LogP contribution is -2.37. The van der Waals surface area contributed by atoms with Crippen molar-refractivity contribution in [3.63, 3.8) is 0 Å². The van der Waals surface area contributed by atoms with Gasteiger partial charge in [-0.2, -0.15) is 0 Å². The fraction of sp³-hybridized carbons (Fsp3) is 0.400. The molecule has 3 aromatic rings. The molecule has 0 amide bonds. The minimum Gasteiger partial charge on any atom is -0.387 e. The fourth-order valence-corrected chi connectivity index (χ4v) is 7.43. The van der Waals surface area contributed by atoms with Crippen molar-refractivity contribution in [3.8, 4) is 0 Å². The van der Waals surface area contributed by atoms with Crippen molar-refractivity contribution in [1.29, 1.82) is 0 Å². The zero-order valence-electron chi connectivity index (χ0n) is 20.1. The molecule has 0 spiro atoms. The Kier molecular flexibility index (Phi) is 6.83. The fourth-order valence-electron chi connectivity index (χ4n) is 5.60. The molecule has 1 fully saturated rings. The number of aryl methyl sites for hydroxylation is 2. The van der Waals surface area contributed by atoms with Crippen LogP contribution in [0.15, 0.2) is 71.6 Å². The van der Waals surface area contributed by atoms with E-state index in [9.17, 15) is 5.11 Å². The molecule has 0 saturated heterocycles. The summed E-state index contributed by atoms with van der Waals surface area (Å²) >= 11 is 1.92. The summed E-state index contributed by atoms with van der Waals surface area (Å²) in [6.07, 6.45) is 3.02. The summed E-state index contributed by atoms with van der Waals surface area (Å²) < 4.78 is 0. The highest BCUT2D eigenvalue weighted by atomic mass is 32.2. The van der Waals surface area contributed by atoms with Gasteiger partial charge in [0.1, 0.15) is 0 Å². The van der Waals surface area contributed by atoms with E-state index in [2.05, 4.69) is 83.1 Å². The summed E-state index contributed by atoms with van der Waals surface area (Å²) in [6.45, 7) is 11.3. The van der Waals surface area contributed by atoms with Crippen molar-refractivity contribution in [3.05, 3.63) is 100 Å². The van der Waals surface area contributed by atoms with Crippen LogP contribution < -0.4 is 0 Å². The van der Waals surface area contributed by atoms with E-state index in [1.54, 1.807) is 0 Å². The maximum absolute atomic E-state index is 11.8. The van der Waals surface area contributed by atoms with Gasteiger partial charge in [-0.1, -0.05) is 80.1 Å². The first-order valence-corrected chi connectivity index (χ1v) is 12.7. The number of aliphatic hydroxyl groups is 1.